The topological polar surface area (TPSA) is 58.2 Å². The molecule has 2 rings (SSSR count). The average molecular weight is 268 g/mol. The summed E-state index contributed by atoms with van der Waals surface area (Å²) in [6.07, 6.45) is 2.33. The third kappa shape index (κ3) is 3.71. The fourth-order valence-corrected chi connectivity index (χ4v) is 2.60. The van der Waals surface area contributed by atoms with Crippen LogP contribution < -0.4 is 10.0 Å². The summed E-state index contributed by atoms with van der Waals surface area (Å²) < 4.78 is 26.8. The first-order valence-electron chi connectivity index (χ1n) is 6.29. The van der Waals surface area contributed by atoms with E-state index in [0.717, 1.165) is 18.4 Å². The second-order valence-corrected chi connectivity index (χ2v) is 7.11. The van der Waals surface area contributed by atoms with Crippen LogP contribution in [-0.4, -0.2) is 26.3 Å². The van der Waals surface area contributed by atoms with Crippen molar-refractivity contribution in [2.45, 2.75) is 38.0 Å². The fourth-order valence-electron chi connectivity index (χ4n) is 1.62. The Balaban J connectivity index is 1.94. The van der Waals surface area contributed by atoms with Crippen LogP contribution in [0.1, 0.15) is 25.3 Å². The number of benzene rings is 1. The van der Waals surface area contributed by atoms with E-state index in [4.69, 9.17) is 0 Å². The molecular formula is C13H20N2O2S. The minimum absolute atomic E-state index is 0.431. The maximum atomic E-state index is 12.1. The molecule has 0 spiro atoms. The molecule has 1 atom stereocenters. The van der Waals surface area contributed by atoms with Crippen molar-refractivity contribution in [3.8, 4) is 0 Å². The van der Waals surface area contributed by atoms with E-state index >= 15 is 0 Å². The summed E-state index contributed by atoms with van der Waals surface area (Å²) in [5.41, 5.74) is 1.74. The number of nitrogens with one attached hydrogen (secondary N) is 2. The highest BCUT2D eigenvalue weighted by molar-refractivity contribution is 7.93. The van der Waals surface area contributed by atoms with Crippen LogP contribution >= 0.6 is 0 Å². The molecule has 100 valence electrons. The van der Waals surface area contributed by atoms with Crippen molar-refractivity contribution < 1.29 is 8.42 Å². The molecular weight excluding hydrogens is 248 g/mol. The molecule has 4 nitrogen and oxygen atoms in total. The number of aryl methyl sites for hydroxylation is 1. The van der Waals surface area contributed by atoms with Gasteiger partial charge in [0.05, 0.1) is 5.25 Å². The number of hydrogen-bond acceptors (Lipinski definition) is 3. The summed E-state index contributed by atoms with van der Waals surface area (Å²) in [6, 6.07) is 7.89. The molecule has 1 aromatic rings. The maximum absolute atomic E-state index is 12.1. The predicted octanol–water partition coefficient (Wildman–Crippen LogP) is 1.88. The van der Waals surface area contributed by atoms with Crippen LogP contribution in [0.3, 0.4) is 0 Å². The van der Waals surface area contributed by atoms with Crippen molar-refractivity contribution in [2.75, 3.05) is 11.3 Å². The molecule has 2 N–H and O–H groups in total. The first kappa shape index (κ1) is 13.4. The first-order valence-corrected chi connectivity index (χ1v) is 7.84. The van der Waals surface area contributed by atoms with Gasteiger partial charge < -0.3 is 5.32 Å². The van der Waals surface area contributed by atoms with Gasteiger partial charge in [-0.2, -0.15) is 0 Å². The largest absolute Gasteiger partial charge is 0.313 e. The Morgan fingerprint density at radius 3 is 2.44 bits per heavy atom. The maximum Gasteiger partial charge on any atom is 0.236 e. The smallest absolute Gasteiger partial charge is 0.236 e. The second-order valence-electron chi connectivity index (χ2n) is 5.01. The van der Waals surface area contributed by atoms with Gasteiger partial charge in [-0.05, 0) is 38.8 Å². The predicted molar refractivity (Wildman–Crippen MR) is 74.2 cm³/mol. The zero-order valence-corrected chi connectivity index (χ0v) is 11.6. The second kappa shape index (κ2) is 5.28. The molecule has 5 heteroatoms. The van der Waals surface area contributed by atoms with Crippen LogP contribution in [-0.2, 0) is 10.0 Å². The molecule has 0 amide bonds. The van der Waals surface area contributed by atoms with Crippen molar-refractivity contribution in [2.24, 2.45) is 0 Å². The van der Waals surface area contributed by atoms with Crippen LogP contribution in [0.5, 0.6) is 0 Å². The summed E-state index contributed by atoms with van der Waals surface area (Å²) in [5.74, 6) is 0. The van der Waals surface area contributed by atoms with Crippen molar-refractivity contribution in [1.82, 2.24) is 5.32 Å². The van der Waals surface area contributed by atoms with Gasteiger partial charge in [0, 0.05) is 18.3 Å². The zero-order valence-electron chi connectivity index (χ0n) is 10.8. The number of hydrogen-bond donors (Lipinski definition) is 2. The van der Waals surface area contributed by atoms with E-state index in [1.807, 2.05) is 19.1 Å². The summed E-state index contributed by atoms with van der Waals surface area (Å²) in [7, 11) is -3.31. The number of anilines is 1. The van der Waals surface area contributed by atoms with Gasteiger partial charge in [-0.3, -0.25) is 4.72 Å². The zero-order chi connectivity index (χ0) is 13.2. The van der Waals surface area contributed by atoms with Crippen LogP contribution in [0, 0.1) is 6.92 Å². The molecule has 0 aliphatic heterocycles. The molecule has 0 aromatic heterocycles. The molecule has 1 saturated carbocycles. The Labute approximate surface area is 109 Å². The normalized spacial score (nSPS) is 17.4. The molecule has 1 aliphatic carbocycles. The SMILES string of the molecule is Cc1ccc(NS(=O)(=O)C(C)CNC2CC2)cc1. The third-order valence-corrected chi connectivity index (χ3v) is 4.86. The Morgan fingerprint density at radius 1 is 1.28 bits per heavy atom. The molecule has 0 radical (unpaired) electrons. The van der Waals surface area contributed by atoms with E-state index in [1.54, 1.807) is 19.1 Å². The van der Waals surface area contributed by atoms with Gasteiger partial charge in [0.25, 0.3) is 0 Å². The lowest BCUT2D eigenvalue weighted by molar-refractivity contribution is 0.576. The molecule has 18 heavy (non-hydrogen) atoms. The Kier molecular flexibility index (Phi) is 3.92. The molecule has 1 aliphatic rings. The molecule has 0 heterocycles. The quantitative estimate of drug-likeness (QED) is 0.828. The van der Waals surface area contributed by atoms with Crippen molar-refractivity contribution >= 4 is 15.7 Å². The Morgan fingerprint density at radius 2 is 1.89 bits per heavy atom. The Hall–Kier alpha value is -1.07. The average Bonchev–Trinajstić information content (AvgIpc) is 3.12. The number of sulfonamides is 1. The monoisotopic (exact) mass is 268 g/mol. The minimum Gasteiger partial charge on any atom is -0.313 e. The fraction of sp³-hybridized carbons (Fsp3) is 0.538. The molecule has 1 aromatic carbocycles. The van der Waals surface area contributed by atoms with Gasteiger partial charge in [0.1, 0.15) is 0 Å². The van der Waals surface area contributed by atoms with E-state index in [1.165, 1.54) is 0 Å². The van der Waals surface area contributed by atoms with Gasteiger partial charge >= 0.3 is 0 Å². The highest BCUT2D eigenvalue weighted by atomic mass is 32.2. The summed E-state index contributed by atoms with van der Waals surface area (Å²) in [6.45, 7) is 4.21. The Bertz CT molecular complexity index is 492. The third-order valence-electron chi connectivity index (χ3n) is 3.11. The molecule has 0 bridgehead atoms. The summed E-state index contributed by atoms with van der Waals surface area (Å²) in [4.78, 5) is 0. The molecule has 1 fully saturated rings. The number of rotatable bonds is 6. The van der Waals surface area contributed by atoms with Gasteiger partial charge in [-0.15, -0.1) is 0 Å². The van der Waals surface area contributed by atoms with Gasteiger partial charge in [0.15, 0.2) is 0 Å². The minimum atomic E-state index is -3.31. The first-order chi connectivity index (χ1) is 8.47. The van der Waals surface area contributed by atoms with E-state index in [2.05, 4.69) is 10.0 Å². The van der Waals surface area contributed by atoms with E-state index in [-0.39, 0.29) is 0 Å². The highest BCUT2D eigenvalue weighted by Crippen LogP contribution is 2.19. The standard InChI is InChI=1S/C13H20N2O2S/c1-10-3-5-13(6-4-10)15-18(16,17)11(2)9-14-12-7-8-12/h3-6,11-12,14-15H,7-9H2,1-2H3. The summed E-state index contributed by atoms with van der Waals surface area (Å²) >= 11 is 0. The lowest BCUT2D eigenvalue weighted by Crippen LogP contribution is -2.35. The highest BCUT2D eigenvalue weighted by Gasteiger charge is 2.25. The van der Waals surface area contributed by atoms with Gasteiger partial charge in [-0.25, -0.2) is 8.42 Å². The molecule has 1 unspecified atom stereocenters. The van der Waals surface area contributed by atoms with Crippen LogP contribution in [0.2, 0.25) is 0 Å². The van der Waals surface area contributed by atoms with Crippen LogP contribution in [0.15, 0.2) is 24.3 Å². The lowest BCUT2D eigenvalue weighted by Gasteiger charge is -2.15. The van der Waals surface area contributed by atoms with Crippen molar-refractivity contribution in [3.63, 3.8) is 0 Å². The molecule has 0 saturated heterocycles. The van der Waals surface area contributed by atoms with Crippen molar-refractivity contribution in [1.29, 1.82) is 0 Å². The van der Waals surface area contributed by atoms with Crippen molar-refractivity contribution in [3.05, 3.63) is 29.8 Å². The van der Waals surface area contributed by atoms with E-state index in [0.29, 0.717) is 18.3 Å². The summed E-state index contributed by atoms with van der Waals surface area (Å²) in [5, 5.41) is 2.81. The van der Waals surface area contributed by atoms with E-state index in [9.17, 15) is 8.42 Å². The lowest BCUT2D eigenvalue weighted by atomic mass is 10.2. The van der Waals surface area contributed by atoms with Gasteiger partial charge in [-0.1, -0.05) is 17.7 Å². The van der Waals surface area contributed by atoms with E-state index < -0.39 is 15.3 Å². The van der Waals surface area contributed by atoms with Gasteiger partial charge in [0.2, 0.25) is 10.0 Å². The van der Waals surface area contributed by atoms with Crippen LogP contribution in [0.25, 0.3) is 0 Å². The van der Waals surface area contributed by atoms with Crippen LogP contribution in [0.4, 0.5) is 5.69 Å².